The first-order valence-electron chi connectivity index (χ1n) is 13.2. The largest absolute Gasteiger partial charge is 0.489 e. The summed E-state index contributed by atoms with van der Waals surface area (Å²) in [5, 5.41) is 9.76. The Morgan fingerprint density at radius 1 is 1.08 bits per heavy atom. The topological polar surface area (TPSA) is 92.1 Å². The first-order valence-corrected chi connectivity index (χ1v) is 13.2. The van der Waals surface area contributed by atoms with Crippen LogP contribution in [0.3, 0.4) is 0 Å². The summed E-state index contributed by atoms with van der Waals surface area (Å²) in [4.78, 5) is 30.6. The standard InChI is InChI=1S/C28H39N3O5/c1-30-15-12-21-10-11-23(34-3)24(36-21)18-35-26-20(17-29)8-7-9-22(26)27(33)31(2)19-28(16-25(30)32)13-5-4-6-14-28/h7-9,21,23-24H,4-6,10-16,18-19H2,1-3H3/t21-,23-,24-/m0/s1. The SMILES string of the molecule is CO[C@H]1CC[C@H]2CCN(C)C(=O)CC3(CCCCC3)CN(C)C(=O)c3cccc(C#N)c3OC[C@@H]1O2. The number of amides is 2. The van der Waals surface area contributed by atoms with Gasteiger partial charge in [0.2, 0.25) is 5.91 Å². The number of ether oxygens (including phenoxy) is 3. The average molecular weight is 498 g/mol. The maximum Gasteiger partial charge on any atom is 0.257 e. The van der Waals surface area contributed by atoms with Crippen molar-refractivity contribution in [1.82, 2.24) is 9.80 Å². The van der Waals surface area contributed by atoms with Gasteiger partial charge in [-0.15, -0.1) is 0 Å². The van der Waals surface area contributed by atoms with Crippen LogP contribution in [0.4, 0.5) is 0 Å². The molecule has 3 aliphatic rings. The van der Waals surface area contributed by atoms with Gasteiger partial charge in [0, 0.05) is 40.7 Å². The lowest BCUT2D eigenvalue weighted by Gasteiger charge is -2.41. The van der Waals surface area contributed by atoms with Crippen molar-refractivity contribution in [3.05, 3.63) is 29.3 Å². The fourth-order valence-electron chi connectivity index (χ4n) is 6.07. The smallest absolute Gasteiger partial charge is 0.257 e. The number of benzene rings is 1. The molecule has 0 radical (unpaired) electrons. The number of para-hydroxylation sites is 1. The Balaban J connectivity index is 1.69. The molecule has 2 amide bonds. The van der Waals surface area contributed by atoms with E-state index in [1.807, 2.05) is 11.9 Å². The lowest BCUT2D eigenvalue weighted by atomic mass is 9.71. The molecule has 1 aromatic carbocycles. The third-order valence-electron chi connectivity index (χ3n) is 8.19. The molecule has 196 valence electrons. The highest BCUT2D eigenvalue weighted by Crippen LogP contribution is 2.41. The van der Waals surface area contributed by atoms with E-state index in [2.05, 4.69) is 6.07 Å². The molecule has 3 atom stereocenters. The van der Waals surface area contributed by atoms with Crippen molar-refractivity contribution in [1.29, 1.82) is 5.26 Å². The van der Waals surface area contributed by atoms with Crippen LogP contribution in [-0.2, 0) is 14.3 Å². The summed E-state index contributed by atoms with van der Waals surface area (Å²) in [5.41, 5.74) is 0.442. The summed E-state index contributed by atoms with van der Waals surface area (Å²) >= 11 is 0. The van der Waals surface area contributed by atoms with E-state index in [1.165, 1.54) is 0 Å². The van der Waals surface area contributed by atoms with E-state index in [4.69, 9.17) is 14.2 Å². The van der Waals surface area contributed by atoms with Crippen LogP contribution in [0.5, 0.6) is 5.75 Å². The maximum atomic E-state index is 13.7. The molecule has 1 aliphatic carbocycles. The first-order chi connectivity index (χ1) is 17.4. The van der Waals surface area contributed by atoms with Gasteiger partial charge in [-0.05, 0) is 49.7 Å². The van der Waals surface area contributed by atoms with E-state index >= 15 is 0 Å². The highest BCUT2D eigenvalue weighted by Gasteiger charge is 2.39. The number of nitrogens with zero attached hydrogens (tertiary/aromatic N) is 3. The highest BCUT2D eigenvalue weighted by atomic mass is 16.6. The van der Waals surface area contributed by atoms with E-state index in [9.17, 15) is 14.9 Å². The normalized spacial score (nSPS) is 27.8. The number of methoxy groups -OCH3 is 1. The maximum absolute atomic E-state index is 13.7. The van der Waals surface area contributed by atoms with Gasteiger partial charge in [-0.25, -0.2) is 0 Å². The summed E-state index contributed by atoms with van der Waals surface area (Å²) in [7, 11) is 5.32. The molecule has 0 unspecified atom stereocenters. The van der Waals surface area contributed by atoms with Crippen LogP contribution in [0.15, 0.2) is 18.2 Å². The van der Waals surface area contributed by atoms with E-state index < -0.39 is 0 Å². The fraction of sp³-hybridized carbons (Fsp3) is 0.679. The van der Waals surface area contributed by atoms with Gasteiger partial charge in [0.1, 0.15) is 24.5 Å². The molecule has 8 heteroatoms. The molecular formula is C28H39N3O5. The van der Waals surface area contributed by atoms with Crippen molar-refractivity contribution in [3.63, 3.8) is 0 Å². The van der Waals surface area contributed by atoms with Gasteiger partial charge in [0.15, 0.2) is 0 Å². The highest BCUT2D eigenvalue weighted by molar-refractivity contribution is 5.97. The molecule has 2 bridgehead atoms. The number of hydrogen-bond acceptors (Lipinski definition) is 6. The Labute approximate surface area is 214 Å². The zero-order valence-corrected chi connectivity index (χ0v) is 21.8. The zero-order chi connectivity index (χ0) is 25.7. The molecule has 0 N–H and O–H groups in total. The third-order valence-corrected chi connectivity index (χ3v) is 8.19. The van der Waals surface area contributed by atoms with Crippen molar-refractivity contribution < 1.29 is 23.8 Å². The van der Waals surface area contributed by atoms with Crippen LogP contribution >= 0.6 is 0 Å². The van der Waals surface area contributed by atoms with Gasteiger partial charge >= 0.3 is 0 Å². The number of hydrogen-bond donors (Lipinski definition) is 0. The summed E-state index contributed by atoms with van der Waals surface area (Å²) in [5.74, 6) is 0.214. The predicted octanol–water partition coefficient (Wildman–Crippen LogP) is 3.77. The van der Waals surface area contributed by atoms with Crippen molar-refractivity contribution in [2.24, 2.45) is 5.41 Å². The van der Waals surface area contributed by atoms with Crippen LogP contribution in [0.25, 0.3) is 0 Å². The van der Waals surface area contributed by atoms with E-state index in [1.54, 1.807) is 37.3 Å². The number of nitriles is 1. The van der Waals surface area contributed by atoms with E-state index in [-0.39, 0.29) is 47.9 Å². The minimum absolute atomic E-state index is 0.00440. The second-order valence-electron chi connectivity index (χ2n) is 10.8. The molecular weight excluding hydrogens is 458 g/mol. The summed E-state index contributed by atoms with van der Waals surface area (Å²) < 4.78 is 18.2. The second kappa shape index (κ2) is 11.6. The van der Waals surface area contributed by atoms with Gasteiger partial charge in [-0.2, -0.15) is 5.26 Å². The molecule has 1 spiro atoms. The predicted molar refractivity (Wildman–Crippen MR) is 135 cm³/mol. The number of carbonyl (C=O) groups excluding carboxylic acids is 2. The van der Waals surface area contributed by atoms with Crippen LogP contribution in [0.1, 0.15) is 73.7 Å². The monoisotopic (exact) mass is 497 g/mol. The first kappa shape index (κ1) is 26.4. The number of fused-ring (bicyclic) bond motifs is 3. The lowest BCUT2D eigenvalue weighted by Crippen LogP contribution is -2.46. The van der Waals surface area contributed by atoms with Gasteiger partial charge in [-0.3, -0.25) is 9.59 Å². The molecule has 1 saturated heterocycles. The van der Waals surface area contributed by atoms with Crippen molar-refractivity contribution in [2.45, 2.75) is 76.1 Å². The van der Waals surface area contributed by atoms with Crippen molar-refractivity contribution in [3.8, 4) is 11.8 Å². The Hall–Kier alpha value is -2.63. The molecule has 1 saturated carbocycles. The Morgan fingerprint density at radius 3 is 2.58 bits per heavy atom. The second-order valence-corrected chi connectivity index (χ2v) is 10.8. The van der Waals surface area contributed by atoms with Crippen LogP contribution in [-0.4, -0.2) is 80.8 Å². The summed E-state index contributed by atoms with van der Waals surface area (Å²) in [6.45, 7) is 1.30. The van der Waals surface area contributed by atoms with E-state index in [0.29, 0.717) is 30.6 Å². The average Bonchev–Trinajstić information content (AvgIpc) is 2.89. The number of carbonyl (C=O) groups is 2. The summed E-state index contributed by atoms with van der Waals surface area (Å²) in [6.07, 6.45) is 7.53. The minimum atomic E-state index is -0.333. The van der Waals surface area contributed by atoms with Crippen LogP contribution in [0.2, 0.25) is 0 Å². The lowest BCUT2D eigenvalue weighted by molar-refractivity contribution is -0.146. The van der Waals surface area contributed by atoms with Crippen LogP contribution < -0.4 is 4.74 Å². The Morgan fingerprint density at radius 2 is 1.86 bits per heavy atom. The van der Waals surface area contributed by atoms with Gasteiger partial charge in [-0.1, -0.05) is 25.3 Å². The Bertz CT molecular complexity index is 984. The molecule has 2 heterocycles. The quantitative estimate of drug-likeness (QED) is 0.587. The molecule has 8 nitrogen and oxygen atoms in total. The van der Waals surface area contributed by atoms with Crippen LogP contribution in [0, 0.1) is 16.7 Å². The summed E-state index contributed by atoms with van der Waals surface area (Å²) in [6, 6.07) is 7.26. The van der Waals surface area contributed by atoms with Gasteiger partial charge in [0.05, 0.1) is 23.3 Å². The van der Waals surface area contributed by atoms with Crippen molar-refractivity contribution >= 4 is 11.8 Å². The molecule has 4 rings (SSSR count). The van der Waals surface area contributed by atoms with Gasteiger partial charge < -0.3 is 24.0 Å². The Kier molecular flexibility index (Phi) is 8.53. The molecule has 36 heavy (non-hydrogen) atoms. The van der Waals surface area contributed by atoms with Crippen molar-refractivity contribution in [2.75, 3.05) is 40.9 Å². The molecule has 1 aromatic rings. The van der Waals surface area contributed by atoms with Gasteiger partial charge in [0.25, 0.3) is 5.91 Å². The number of rotatable bonds is 1. The minimum Gasteiger partial charge on any atom is -0.489 e. The van der Waals surface area contributed by atoms with E-state index in [0.717, 1.165) is 51.4 Å². The molecule has 0 aromatic heterocycles. The third kappa shape index (κ3) is 5.84. The molecule has 2 aliphatic heterocycles. The molecule has 2 fully saturated rings. The fourth-order valence-corrected chi connectivity index (χ4v) is 6.07. The zero-order valence-electron chi connectivity index (χ0n) is 21.8.